The van der Waals surface area contributed by atoms with Gasteiger partial charge in [-0.15, -0.1) is 0 Å². The summed E-state index contributed by atoms with van der Waals surface area (Å²) >= 11 is 0. The molecule has 0 aliphatic heterocycles. The van der Waals surface area contributed by atoms with E-state index in [2.05, 4.69) is 57.3 Å². The Hall–Kier alpha value is -0.820. The molecule has 0 unspecified atom stereocenters. The van der Waals surface area contributed by atoms with Crippen molar-refractivity contribution in [2.45, 2.75) is 39.8 Å². The van der Waals surface area contributed by atoms with E-state index in [1.54, 1.807) is 0 Å². The van der Waals surface area contributed by atoms with Gasteiger partial charge in [-0.05, 0) is 19.4 Å². The zero-order chi connectivity index (χ0) is 9.84. The smallest absolute Gasteiger partial charge is 0.0294 e. The molecule has 1 nitrogen and oxygen atoms in total. The van der Waals surface area contributed by atoms with Gasteiger partial charge in [-0.25, -0.2) is 0 Å². The lowest BCUT2D eigenvalue weighted by molar-refractivity contribution is 0.506. The third-order valence-electron chi connectivity index (χ3n) is 2.13. The van der Waals surface area contributed by atoms with Gasteiger partial charge >= 0.3 is 0 Å². The first-order chi connectivity index (χ1) is 6.09. The van der Waals surface area contributed by atoms with Crippen LogP contribution in [0, 0.1) is 6.92 Å². The highest BCUT2D eigenvalue weighted by molar-refractivity contribution is 5.24. The maximum absolute atomic E-state index is 3.49. The number of hydrogen-bond acceptors (Lipinski definition) is 1. The van der Waals surface area contributed by atoms with Gasteiger partial charge in [-0.1, -0.05) is 43.7 Å². The molecule has 0 saturated heterocycles. The van der Waals surface area contributed by atoms with Crippen LogP contribution in [0.4, 0.5) is 0 Å². The zero-order valence-electron chi connectivity index (χ0n) is 8.96. The van der Waals surface area contributed by atoms with Crippen LogP contribution in [0.5, 0.6) is 0 Å². The van der Waals surface area contributed by atoms with Crippen molar-refractivity contribution >= 4 is 0 Å². The van der Waals surface area contributed by atoms with Crippen molar-refractivity contribution in [1.29, 1.82) is 0 Å². The second kappa shape index (κ2) is 4.43. The fourth-order valence-electron chi connectivity index (χ4n) is 1.54. The van der Waals surface area contributed by atoms with E-state index < -0.39 is 0 Å². The van der Waals surface area contributed by atoms with Crippen LogP contribution in [0.25, 0.3) is 0 Å². The van der Waals surface area contributed by atoms with Gasteiger partial charge < -0.3 is 5.32 Å². The van der Waals surface area contributed by atoms with E-state index in [0.717, 1.165) is 0 Å². The fraction of sp³-hybridized carbons (Fsp3) is 0.500. The molecule has 0 heterocycles. The van der Waals surface area contributed by atoms with Gasteiger partial charge in [0, 0.05) is 12.1 Å². The van der Waals surface area contributed by atoms with E-state index in [-0.39, 0.29) is 0 Å². The van der Waals surface area contributed by atoms with Crippen LogP contribution in [0.3, 0.4) is 0 Å². The van der Waals surface area contributed by atoms with Crippen LogP contribution in [-0.2, 0) is 0 Å². The predicted molar refractivity (Wildman–Crippen MR) is 57.9 cm³/mol. The van der Waals surface area contributed by atoms with Gasteiger partial charge in [-0.2, -0.15) is 0 Å². The molecule has 0 amide bonds. The Balaban J connectivity index is 2.71. The average Bonchev–Trinajstić information content (AvgIpc) is 2.03. The summed E-state index contributed by atoms with van der Waals surface area (Å²) in [6, 6.07) is 9.64. The van der Waals surface area contributed by atoms with Gasteiger partial charge in [0.1, 0.15) is 0 Å². The molecule has 72 valence electrons. The van der Waals surface area contributed by atoms with E-state index >= 15 is 0 Å². The average molecular weight is 177 g/mol. The Morgan fingerprint density at radius 2 is 1.85 bits per heavy atom. The van der Waals surface area contributed by atoms with E-state index in [9.17, 15) is 0 Å². The van der Waals surface area contributed by atoms with Crippen LogP contribution < -0.4 is 5.32 Å². The first-order valence-electron chi connectivity index (χ1n) is 4.92. The topological polar surface area (TPSA) is 12.0 Å². The molecule has 1 N–H and O–H groups in total. The molecule has 0 aliphatic carbocycles. The first kappa shape index (κ1) is 10.3. The molecule has 0 radical (unpaired) electrons. The van der Waals surface area contributed by atoms with Crippen LogP contribution in [0.1, 0.15) is 37.9 Å². The molecular weight excluding hydrogens is 158 g/mol. The van der Waals surface area contributed by atoms with Gasteiger partial charge in [-0.3, -0.25) is 0 Å². The molecule has 0 aliphatic rings. The molecule has 0 bridgehead atoms. The van der Waals surface area contributed by atoms with Crippen molar-refractivity contribution < 1.29 is 0 Å². The van der Waals surface area contributed by atoms with E-state index in [1.165, 1.54) is 11.1 Å². The number of aryl methyl sites for hydroxylation is 1. The molecule has 1 aromatic carbocycles. The largest absolute Gasteiger partial charge is 0.308 e. The van der Waals surface area contributed by atoms with Crippen molar-refractivity contribution in [3.8, 4) is 0 Å². The number of hydrogen-bond donors (Lipinski definition) is 1. The first-order valence-corrected chi connectivity index (χ1v) is 4.92. The zero-order valence-corrected chi connectivity index (χ0v) is 8.96. The Morgan fingerprint density at radius 1 is 1.15 bits per heavy atom. The molecule has 0 fully saturated rings. The predicted octanol–water partition coefficient (Wildman–Crippen LogP) is 3.05. The standard InChI is InChI=1S/C12H19N/c1-9(2)13-11(4)12-7-5-6-10(3)8-12/h5-9,11,13H,1-4H3/t11-/m1/s1. The number of rotatable bonds is 3. The Morgan fingerprint density at radius 3 is 2.38 bits per heavy atom. The third kappa shape index (κ3) is 3.19. The van der Waals surface area contributed by atoms with Crippen molar-refractivity contribution in [2.24, 2.45) is 0 Å². The second-order valence-corrected chi connectivity index (χ2v) is 3.96. The molecular formula is C12H19N. The highest BCUT2D eigenvalue weighted by Gasteiger charge is 2.05. The fourth-order valence-corrected chi connectivity index (χ4v) is 1.54. The summed E-state index contributed by atoms with van der Waals surface area (Å²) in [4.78, 5) is 0. The lowest BCUT2D eigenvalue weighted by Crippen LogP contribution is -2.25. The Labute approximate surface area is 81.2 Å². The third-order valence-corrected chi connectivity index (χ3v) is 2.13. The minimum absolute atomic E-state index is 0.444. The minimum atomic E-state index is 0.444. The molecule has 0 aromatic heterocycles. The maximum atomic E-state index is 3.49. The number of benzene rings is 1. The van der Waals surface area contributed by atoms with Gasteiger partial charge in [0.15, 0.2) is 0 Å². The van der Waals surface area contributed by atoms with E-state index in [0.29, 0.717) is 12.1 Å². The molecule has 1 heteroatoms. The lowest BCUT2D eigenvalue weighted by atomic mass is 10.1. The maximum Gasteiger partial charge on any atom is 0.0294 e. The van der Waals surface area contributed by atoms with Crippen LogP contribution in [0.2, 0.25) is 0 Å². The summed E-state index contributed by atoms with van der Waals surface area (Å²) in [5.41, 5.74) is 2.70. The highest BCUT2D eigenvalue weighted by atomic mass is 14.9. The molecule has 0 saturated carbocycles. The summed E-state index contributed by atoms with van der Waals surface area (Å²) in [6.45, 7) is 8.68. The SMILES string of the molecule is Cc1cccc([C@@H](C)NC(C)C)c1. The van der Waals surface area contributed by atoms with Gasteiger partial charge in [0.2, 0.25) is 0 Å². The molecule has 13 heavy (non-hydrogen) atoms. The normalized spacial score (nSPS) is 13.3. The van der Waals surface area contributed by atoms with Crippen molar-refractivity contribution in [2.75, 3.05) is 0 Å². The van der Waals surface area contributed by atoms with Crippen LogP contribution in [0.15, 0.2) is 24.3 Å². The van der Waals surface area contributed by atoms with Gasteiger partial charge in [0.25, 0.3) is 0 Å². The molecule has 1 atom stereocenters. The number of nitrogens with one attached hydrogen (secondary N) is 1. The van der Waals surface area contributed by atoms with Crippen LogP contribution in [-0.4, -0.2) is 6.04 Å². The Bertz CT molecular complexity index is 266. The summed E-state index contributed by atoms with van der Waals surface area (Å²) < 4.78 is 0. The Kier molecular flexibility index (Phi) is 3.49. The minimum Gasteiger partial charge on any atom is -0.308 e. The summed E-state index contributed by atoms with van der Waals surface area (Å²) in [6.07, 6.45) is 0. The highest BCUT2D eigenvalue weighted by Crippen LogP contribution is 2.13. The van der Waals surface area contributed by atoms with Gasteiger partial charge in [0.05, 0.1) is 0 Å². The summed E-state index contributed by atoms with van der Waals surface area (Å²) in [5.74, 6) is 0. The van der Waals surface area contributed by atoms with Crippen molar-refractivity contribution in [1.82, 2.24) is 5.32 Å². The lowest BCUT2D eigenvalue weighted by Gasteiger charge is -2.17. The van der Waals surface area contributed by atoms with Crippen molar-refractivity contribution in [3.63, 3.8) is 0 Å². The quantitative estimate of drug-likeness (QED) is 0.748. The molecule has 0 spiro atoms. The van der Waals surface area contributed by atoms with Crippen LogP contribution >= 0.6 is 0 Å². The van der Waals surface area contributed by atoms with E-state index in [1.807, 2.05) is 0 Å². The van der Waals surface area contributed by atoms with E-state index in [4.69, 9.17) is 0 Å². The monoisotopic (exact) mass is 177 g/mol. The molecule has 1 aromatic rings. The van der Waals surface area contributed by atoms with Crippen molar-refractivity contribution in [3.05, 3.63) is 35.4 Å². The summed E-state index contributed by atoms with van der Waals surface area (Å²) in [5, 5.41) is 3.49. The molecule has 1 rings (SSSR count). The second-order valence-electron chi connectivity index (χ2n) is 3.96. The summed E-state index contributed by atoms with van der Waals surface area (Å²) in [7, 11) is 0.